The molecule has 27 heavy (non-hydrogen) atoms. The number of aromatic carboxylic acids is 1. The average molecular weight is 360 g/mol. The molecule has 5 rings (SSSR count). The predicted molar refractivity (Wildman–Crippen MR) is 99.2 cm³/mol. The Hall–Kier alpha value is -3.41. The largest absolute Gasteiger partial charge is 0.492 e. The summed E-state index contributed by atoms with van der Waals surface area (Å²) < 4.78 is 7.80. The maximum atomic E-state index is 12.3. The minimum atomic E-state index is -1.19. The topological polar surface area (TPSA) is 81.4 Å². The first-order valence-corrected chi connectivity index (χ1v) is 8.83. The fraction of sp³-hybridized carbons (Fsp3) is 0.190. The van der Waals surface area contributed by atoms with Crippen LogP contribution in [0.3, 0.4) is 0 Å². The molecule has 6 heteroatoms. The van der Waals surface area contributed by atoms with Gasteiger partial charge in [0, 0.05) is 59.9 Å². The molecule has 2 aliphatic heterocycles. The molecule has 0 saturated heterocycles. The lowest BCUT2D eigenvalue weighted by Gasteiger charge is -2.25. The first-order chi connectivity index (χ1) is 13.1. The van der Waals surface area contributed by atoms with Crippen LogP contribution in [0.1, 0.15) is 21.5 Å². The zero-order valence-electron chi connectivity index (χ0n) is 14.4. The summed E-state index contributed by atoms with van der Waals surface area (Å²) >= 11 is 0. The van der Waals surface area contributed by atoms with Crippen LogP contribution in [-0.2, 0) is 19.4 Å². The van der Waals surface area contributed by atoms with Crippen LogP contribution in [-0.4, -0.2) is 27.2 Å². The van der Waals surface area contributed by atoms with E-state index in [1.807, 2.05) is 22.8 Å². The normalized spacial score (nSPS) is 14.1. The molecule has 0 unspecified atom stereocenters. The maximum Gasteiger partial charge on any atom is 0.341 e. The van der Waals surface area contributed by atoms with Crippen molar-refractivity contribution in [1.29, 1.82) is 0 Å². The van der Waals surface area contributed by atoms with Crippen molar-refractivity contribution in [2.45, 2.75) is 19.4 Å². The van der Waals surface area contributed by atoms with Gasteiger partial charge >= 0.3 is 5.97 Å². The highest BCUT2D eigenvalue weighted by Gasteiger charge is 2.28. The number of aromatic nitrogens is 2. The number of ether oxygens (including phenoxy) is 1. The molecule has 0 saturated carbocycles. The summed E-state index contributed by atoms with van der Waals surface area (Å²) in [5, 5.41) is 9.25. The van der Waals surface area contributed by atoms with E-state index in [0.29, 0.717) is 13.2 Å². The molecule has 0 atom stereocenters. The van der Waals surface area contributed by atoms with Gasteiger partial charge in [-0.25, -0.2) is 4.79 Å². The number of hydrogen-bond donors (Lipinski definition) is 1. The van der Waals surface area contributed by atoms with Crippen LogP contribution in [0.2, 0.25) is 0 Å². The molecule has 0 fully saturated rings. The van der Waals surface area contributed by atoms with Gasteiger partial charge in [0.15, 0.2) is 5.43 Å². The van der Waals surface area contributed by atoms with Crippen LogP contribution in [0.5, 0.6) is 5.75 Å². The number of nitrogens with zero attached hydrogens (tertiary/aromatic N) is 2. The zero-order chi connectivity index (χ0) is 18.5. The monoisotopic (exact) mass is 360 g/mol. The SMILES string of the molecule is O=C(O)c1cn2c(cc1=O)-c1cc(-c3cccnc3)c3c(c1CC2)CCO3. The van der Waals surface area contributed by atoms with Gasteiger partial charge in [0.2, 0.25) is 0 Å². The number of carboxylic acid groups (broad SMARTS) is 1. The van der Waals surface area contributed by atoms with E-state index in [1.54, 1.807) is 12.4 Å². The summed E-state index contributed by atoms with van der Waals surface area (Å²) in [6.45, 7) is 1.28. The maximum absolute atomic E-state index is 12.3. The van der Waals surface area contributed by atoms with Crippen molar-refractivity contribution in [2.24, 2.45) is 0 Å². The highest BCUT2D eigenvalue weighted by atomic mass is 16.5. The van der Waals surface area contributed by atoms with Crippen molar-refractivity contribution in [1.82, 2.24) is 9.55 Å². The van der Waals surface area contributed by atoms with Gasteiger partial charge in [-0.3, -0.25) is 9.78 Å². The summed E-state index contributed by atoms with van der Waals surface area (Å²) in [5.41, 5.74) is 5.35. The van der Waals surface area contributed by atoms with E-state index < -0.39 is 11.4 Å². The van der Waals surface area contributed by atoms with E-state index >= 15 is 0 Å². The van der Waals surface area contributed by atoms with E-state index in [2.05, 4.69) is 4.98 Å². The lowest BCUT2D eigenvalue weighted by molar-refractivity contribution is 0.0694. The highest BCUT2D eigenvalue weighted by molar-refractivity contribution is 5.88. The van der Waals surface area contributed by atoms with Gasteiger partial charge in [-0.2, -0.15) is 0 Å². The number of rotatable bonds is 2. The first kappa shape index (κ1) is 15.8. The molecule has 2 aromatic heterocycles. The van der Waals surface area contributed by atoms with Crippen LogP contribution < -0.4 is 10.2 Å². The smallest absolute Gasteiger partial charge is 0.341 e. The fourth-order valence-electron chi connectivity index (χ4n) is 4.08. The van der Waals surface area contributed by atoms with E-state index in [-0.39, 0.29) is 5.56 Å². The molecule has 4 heterocycles. The van der Waals surface area contributed by atoms with Gasteiger partial charge in [0.1, 0.15) is 11.3 Å². The molecule has 0 spiro atoms. The van der Waals surface area contributed by atoms with Crippen LogP contribution in [0.15, 0.2) is 47.7 Å². The van der Waals surface area contributed by atoms with Gasteiger partial charge in [-0.05, 0) is 24.1 Å². The van der Waals surface area contributed by atoms with Crippen LogP contribution >= 0.6 is 0 Å². The Kier molecular flexibility index (Phi) is 3.40. The van der Waals surface area contributed by atoms with Crippen LogP contribution in [0, 0.1) is 0 Å². The first-order valence-electron chi connectivity index (χ1n) is 8.83. The predicted octanol–water partition coefficient (Wildman–Crippen LogP) is 2.77. The minimum Gasteiger partial charge on any atom is -0.492 e. The molecule has 6 nitrogen and oxygen atoms in total. The molecule has 0 bridgehead atoms. The Morgan fingerprint density at radius 3 is 2.85 bits per heavy atom. The third kappa shape index (κ3) is 2.37. The lowest BCUT2D eigenvalue weighted by atomic mass is 9.87. The number of pyridine rings is 2. The molecule has 3 aromatic rings. The summed E-state index contributed by atoms with van der Waals surface area (Å²) in [6.07, 6.45) is 6.60. The molecular formula is C21H16N2O4. The second kappa shape index (κ2) is 5.81. The third-order valence-corrected chi connectivity index (χ3v) is 5.30. The quantitative estimate of drug-likeness (QED) is 0.760. The van der Waals surface area contributed by atoms with Gasteiger partial charge in [0.05, 0.1) is 12.3 Å². The zero-order valence-corrected chi connectivity index (χ0v) is 14.4. The highest BCUT2D eigenvalue weighted by Crippen LogP contribution is 2.44. The molecule has 134 valence electrons. The number of carbonyl (C=O) groups is 1. The van der Waals surface area contributed by atoms with Gasteiger partial charge < -0.3 is 14.4 Å². The van der Waals surface area contributed by atoms with Crippen LogP contribution in [0.4, 0.5) is 0 Å². The van der Waals surface area contributed by atoms with E-state index in [4.69, 9.17) is 4.74 Å². The molecule has 1 aromatic carbocycles. The van der Waals surface area contributed by atoms with Crippen molar-refractivity contribution >= 4 is 5.97 Å². The minimum absolute atomic E-state index is 0.195. The molecule has 1 N–H and O–H groups in total. The molecular weight excluding hydrogens is 344 g/mol. The number of benzene rings is 1. The Morgan fingerprint density at radius 2 is 2.07 bits per heavy atom. The van der Waals surface area contributed by atoms with Crippen molar-refractivity contribution < 1.29 is 14.6 Å². The number of aryl methyl sites for hydroxylation is 1. The average Bonchev–Trinajstić information content (AvgIpc) is 3.17. The molecule has 0 amide bonds. The van der Waals surface area contributed by atoms with Crippen molar-refractivity contribution in [3.05, 3.63) is 69.8 Å². The summed E-state index contributed by atoms with van der Waals surface area (Å²) in [5.74, 6) is -0.292. The van der Waals surface area contributed by atoms with Gasteiger partial charge in [-0.1, -0.05) is 6.07 Å². The van der Waals surface area contributed by atoms with Gasteiger partial charge in [0.25, 0.3) is 0 Å². The molecule has 0 radical (unpaired) electrons. The standard InChI is InChI=1S/C21H16N2O4/c24-19-9-18-16-8-15(12-2-1-5-22-10-12)20-14(4-7-27-20)13(16)3-6-23(18)11-17(19)21(25)26/h1-2,5,8-11H,3-4,6-7H2,(H,25,26). The lowest BCUT2D eigenvalue weighted by Crippen LogP contribution is -2.22. The second-order valence-corrected chi connectivity index (χ2v) is 6.78. The molecule has 0 aliphatic carbocycles. The number of hydrogen-bond acceptors (Lipinski definition) is 4. The van der Waals surface area contributed by atoms with E-state index in [9.17, 15) is 14.7 Å². The Bertz CT molecular complexity index is 1150. The Labute approximate surface area is 154 Å². The van der Waals surface area contributed by atoms with Crippen molar-refractivity contribution in [3.63, 3.8) is 0 Å². The van der Waals surface area contributed by atoms with E-state index in [1.165, 1.54) is 23.4 Å². The summed E-state index contributed by atoms with van der Waals surface area (Å²) in [7, 11) is 0. The van der Waals surface area contributed by atoms with Crippen molar-refractivity contribution in [2.75, 3.05) is 6.61 Å². The second-order valence-electron chi connectivity index (χ2n) is 6.78. The molecule has 2 aliphatic rings. The fourth-order valence-corrected chi connectivity index (χ4v) is 4.08. The van der Waals surface area contributed by atoms with E-state index in [0.717, 1.165) is 41.0 Å². The Morgan fingerprint density at radius 1 is 1.19 bits per heavy atom. The summed E-state index contributed by atoms with van der Waals surface area (Å²) in [6, 6.07) is 7.35. The number of fused-ring (bicyclic) bond motifs is 5. The summed E-state index contributed by atoms with van der Waals surface area (Å²) in [4.78, 5) is 27.8. The Balaban J connectivity index is 1.79. The van der Waals surface area contributed by atoms with Crippen molar-refractivity contribution in [3.8, 4) is 28.1 Å². The number of carboxylic acids is 1. The van der Waals surface area contributed by atoms with Crippen LogP contribution in [0.25, 0.3) is 22.4 Å². The van der Waals surface area contributed by atoms with Gasteiger partial charge in [-0.15, -0.1) is 0 Å². The third-order valence-electron chi connectivity index (χ3n) is 5.30.